The van der Waals surface area contributed by atoms with Crippen molar-refractivity contribution >= 4 is 28.5 Å². The smallest absolute Gasteiger partial charge is 0.233 e. The number of rotatable bonds is 5. The molecule has 2 aromatic rings. The van der Waals surface area contributed by atoms with E-state index in [9.17, 15) is 4.79 Å². The summed E-state index contributed by atoms with van der Waals surface area (Å²) in [6.45, 7) is 4.17. The number of benzene rings is 2. The molecule has 1 saturated heterocycles. The van der Waals surface area contributed by atoms with Crippen molar-refractivity contribution in [1.82, 2.24) is 4.90 Å². The van der Waals surface area contributed by atoms with Crippen LogP contribution in [0.15, 0.2) is 53.5 Å². The molecule has 3 rings (SSSR count). The number of hydrogen-bond acceptors (Lipinski definition) is 4. The van der Waals surface area contributed by atoms with Crippen molar-refractivity contribution in [2.45, 2.75) is 32.7 Å². The monoisotopic (exact) mass is 368 g/mol. The van der Waals surface area contributed by atoms with Crippen LogP contribution in [-0.4, -0.2) is 34.9 Å². The van der Waals surface area contributed by atoms with Crippen LogP contribution in [0.3, 0.4) is 0 Å². The minimum atomic E-state index is 0.0958. The van der Waals surface area contributed by atoms with Crippen molar-refractivity contribution < 1.29 is 9.53 Å². The van der Waals surface area contributed by atoms with Gasteiger partial charge in [0.25, 0.3) is 0 Å². The SMILES string of the molecule is CC[C@@H]1CSC(=Nc2cccc(C)c2)N1C(=O)Cc1ccc(OC)cc1. The summed E-state index contributed by atoms with van der Waals surface area (Å²) < 4.78 is 5.18. The summed E-state index contributed by atoms with van der Waals surface area (Å²) in [5.74, 6) is 1.79. The average Bonchev–Trinajstić information content (AvgIpc) is 3.05. The summed E-state index contributed by atoms with van der Waals surface area (Å²) in [4.78, 5) is 19.6. The number of aryl methyl sites for hydroxylation is 1. The standard InChI is InChI=1S/C21H24N2O2S/c1-4-18-14-26-21(22-17-7-5-6-15(2)12-17)23(18)20(24)13-16-8-10-19(25-3)11-9-16/h5-12,18H,4,13-14H2,1-3H3/t18-/m1/s1. The molecule has 26 heavy (non-hydrogen) atoms. The van der Waals surface area contributed by atoms with Gasteiger partial charge in [0.2, 0.25) is 5.91 Å². The molecule has 5 heteroatoms. The van der Waals surface area contributed by atoms with Crippen LogP contribution in [0.25, 0.3) is 0 Å². The highest BCUT2D eigenvalue weighted by Gasteiger charge is 2.33. The zero-order chi connectivity index (χ0) is 18.5. The van der Waals surface area contributed by atoms with E-state index in [-0.39, 0.29) is 11.9 Å². The van der Waals surface area contributed by atoms with Crippen molar-refractivity contribution in [2.75, 3.05) is 12.9 Å². The molecule has 1 aliphatic rings. The summed E-state index contributed by atoms with van der Waals surface area (Å²) in [6, 6.07) is 15.9. The Labute approximate surface area is 159 Å². The number of hydrogen-bond donors (Lipinski definition) is 0. The van der Waals surface area contributed by atoms with Crippen LogP contribution >= 0.6 is 11.8 Å². The normalized spacial score (nSPS) is 18.3. The summed E-state index contributed by atoms with van der Waals surface area (Å²) in [5, 5.41) is 0.806. The Kier molecular flexibility index (Phi) is 5.99. The summed E-state index contributed by atoms with van der Waals surface area (Å²) >= 11 is 1.66. The van der Waals surface area contributed by atoms with Gasteiger partial charge >= 0.3 is 0 Å². The molecule has 0 saturated carbocycles. The number of amides is 1. The number of amidine groups is 1. The first-order chi connectivity index (χ1) is 12.6. The third kappa shape index (κ3) is 4.28. The Morgan fingerprint density at radius 2 is 2.04 bits per heavy atom. The van der Waals surface area contributed by atoms with Gasteiger partial charge in [-0.2, -0.15) is 0 Å². The van der Waals surface area contributed by atoms with Crippen LogP contribution < -0.4 is 4.74 Å². The Balaban J connectivity index is 1.81. The molecule has 2 aromatic carbocycles. The van der Waals surface area contributed by atoms with E-state index < -0.39 is 0 Å². The molecule has 1 heterocycles. The van der Waals surface area contributed by atoms with Crippen molar-refractivity contribution in [2.24, 2.45) is 4.99 Å². The minimum absolute atomic E-state index is 0.0958. The molecule has 1 atom stereocenters. The van der Waals surface area contributed by atoms with Gasteiger partial charge in [0.1, 0.15) is 5.75 Å². The number of methoxy groups -OCH3 is 1. The zero-order valence-corrected chi connectivity index (χ0v) is 16.3. The first-order valence-electron chi connectivity index (χ1n) is 8.84. The van der Waals surface area contributed by atoms with Gasteiger partial charge in [0.15, 0.2) is 5.17 Å². The predicted octanol–water partition coefficient (Wildman–Crippen LogP) is 4.59. The Morgan fingerprint density at radius 3 is 2.69 bits per heavy atom. The molecule has 0 radical (unpaired) electrons. The van der Waals surface area contributed by atoms with Gasteiger partial charge in [-0.15, -0.1) is 0 Å². The maximum atomic E-state index is 13.0. The van der Waals surface area contributed by atoms with Crippen molar-refractivity contribution in [3.63, 3.8) is 0 Å². The largest absolute Gasteiger partial charge is 0.497 e. The van der Waals surface area contributed by atoms with Gasteiger partial charge in [0.05, 0.1) is 19.2 Å². The highest BCUT2D eigenvalue weighted by molar-refractivity contribution is 8.14. The molecule has 1 aliphatic heterocycles. The molecule has 0 N–H and O–H groups in total. The van der Waals surface area contributed by atoms with Gasteiger partial charge in [-0.3, -0.25) is 9.69 Å². The molecule has 0 bridgehead atoms. The molecular weight excluding hydrogens is 344 g/mol. The number of nitrogens with zero attached hydrogens (tertiary/aromatic N) is 2. The maximum absolute atomic E-state index is 13.0. The molecule has 1 amide bonds. The summed E-state index contributed by atoms with van der Waals surface area (Å²) in [6.07, 6.45) is 1.29. The maximum Gasteiger partial charge on any atom is 0.233 e. The van der Waals surface area contributed by atoms with E-state index >= 15 is 0 Å². The molecular formula is C21H24N2O2S. The number of aliphatic imine (C=N–C) groups is 1. The summed E-state index contributed by atoms with van der Waals surface area (Å²) in [5.41, 5.74) is 3.04. The Morgan fingerprint density at radius 1 is 1.27 bits per heavy atom. The lowest BCUT2D eigenvalue weighted by atomic mass is 10.1. The quantitative estimate of drug-likeness (QED) is 0.775. The van der Waals surface area contributed by atoms with E-state index in [1.54, 1.807) is 18.9 Å². The van der Waals surface area contributed by atoms with Crippen LogP contribution in [0.5, 0.6) is 5.75 Å². The third-order valence-electron chi connectivity index (χ3n) is 4.46. The molecule has 0 unspecified atom stereocenters. The second kappa shape index (κ2) is 8.41. The van der Waals surface area contributed by atoms with Crippen LogP contribution in [0.1, 0.15) is 24.5 Å². The molecule has 0 spiro atoms. The Bertz CT molecular complexity index is 802. The van der Waals surface area contributed by atoms with Gasteiger partial charge < -0.3 is 4.74 Å². The van der Waals surface area contributed by atoms with E-state index in [4.69, 9.17) is 9.73 Å². The van der Waals surface area contributed by atoms with E-state index in [1.807, 2.05) is 60.4 Å². The second-order valence-corrected chi connectivity index (χ2v) is 7.38. The fraction of sp³-hybridized carbons (Fsp3) is 0.333. The van der Waals surface area contributed by atoms with Gasteiger partial charge in [-0.05, 0) is 48.7 Å². The molecule has 4 nitrogen and oxygen atoms in total. The number of carbonyl (C=O) groups excluding carboxylic acids is 1. The number of ether oxygens (including phenoxy) is 1. The van der Waals surface area contributed by atoms with E-state index in [0.717, 1.165) is 39.9 Å². The zero-order valence-electron chi connectivity index (χ0n) is 15.4. The van der Waals surface area contributed by atoms with E-state index in [1.165, 1.54) is 0 Å². The van der Waals surface area contributed by atoms with Crippen molar-refractivity contribution in [1.29, 1.82) is 0 Å². The Hall–Kier alpha value is -2.27. The van der Waals surface area contributed by atoms with Gasteiger partial charge in [-0.1, -0.05) is 43.0 Å². The predicted molar refractivity (Wildman–Crippen MR) is 108 cm³/mol. The highest BCUT2D eigenvalue weighted by atomic mass is 32.2. The van der Waals surface area contributed by atoms with E-state index in [0.29, 0.717) is 6.42 Å². The second-order valence-electron chi connectivity index (χ2n) is 6.40. The van der Waals surface area contributed by atoms with Crippen LogP contribution in [-0.2, 0) is 11.2 Å². The molecule has 0 aliphatic carbocycles. The fourth-order valence-electron chi connectivity index (χ4n) is 2.98. The van der Waals surface area contributed by atoms with Gasteiger partial charge in [-0.25, -0.2) is 4.99 Å². The molecule has 0 aromatic heterocycles. The topological polar surface area (TPSA) is 41.9 Å². The first kappa shape index (κ1) is 18.5. The minimum Gasteiger partial charge on any atom is -0.497 e. The lowest BCUT2D eigenvalue weighted by Crippen LogP contribution is -2.39. The van der Waals surface area contributed by atoms with Crippen LogP contribution in [0.4, 0.5) is 5.69 Å². The molecule has 136 valence electrons. The average molecular weight is 369 g/mol. The lowest BCUT2D eigenvalue weighted by molar-refractivity contribution is -0.127. The third-order valence-corrected chi connectivity index (χ3v) is 5.55. The number of carbonyl (C=O) groups is 1. The fourth-order valence-corrected chi connectivity index (χ4v) is 4.27. The van der Waals surface area contributed by atoms with Crippen LogP contribution in [0, 0.1) is 6.92 Å². The lowest BCUT2D eigenvalue weighted by Gasteiger charge is -2.23. The highest BCUT2D eigenvalue weighted by Crippen LogP contribution is 2.30. The van der Waals surface area contributed by atoms with Crippen molar-refractivity contribution in [3.8, 4) is 5.75 Å². The van der Waals surface area contributed by atoms with E-state index in [2.05, 4.69) is 6.92 Å². The van der Waals surface area contributed by atoms with Crippen molar-refractivity contribution in [3.05, 3.63) is 59.7 Å². The summed E-state index contributed by atoms with van der Waals surface area (Å²) in [7, 11) is 1.64. The van der Waals surface area contributed by atoms with Crippen LogP contribution in [0.2, 0.25) is 0 Å². The number of thioether (sulfide) groups is 1. The van der Waals surface area contributed by atoms with Gasteiger partial charge in [0, 0.05) is 11.8 Å². The first-order valence-corrected chi connectivity index (χ1v) is 9.82. The molecule has 1 fully saturated rings.